The third-order valence-corrected chi connectivity index (χ3v) is 7.56. The van der Waals surface area contributed by atoms with Crippen LogP contribution in [-0.4, -0.2) is 55.6 Å². The number of nitrogens with one attached hydrogen (secondary N) is 1. The standard InChI is InChI=1S/C25H33N3O3S/c1-4-31-25(30)23-20-7-5-6-8-21(20)32-24(23)26-22(29)16-27-13-14-28(18(3)15-27)19-11-9-17(2)10-12-19/h9-12,18H,4-8,13-16H2,1-3H3,(H,26,29). The average molecular weight is 456 g/mol. The summed E-state index contributed by atoms with van der Waals surface area (Å²) in [6.45, 7) is 9.32. The quantitative estimate of drug-likeness (QED) is 0.660. The zero-order chi connectivity index (χ0) is 22.7. The van der Waals surface area contributed by atoms with Gasteiger partial charge in [-0.25, -0.2) is 4.79 Å². The average Bonchev–Trinajstić information content (AvgIpc) is 3.12. The van der Waals surface area contributed by atoms with E-state index in [2.05, 4.69) is 53.2 Å². The first-order valence-electron chi connectivity index (χ1n) is 11.6. The van der Waals surface area contributed by atoms with Gasteiger partial charge in [-0.3, -0.25) is 9.69 Å². The van der Waals surface area contributed by atoms with Crippen LogP contribution in [0.25, 0.3) is 0 Å². The van der Waals surface area contributed by atoms with Gasteiger partial charge in [-0.05, 0) is 64.2 Å². The molecule has 172 valence electrons. The van der Waals surface area contributed by atoms with Gasteiger partial charge in [0.1, 0.15) is 5.00 Å². The molecule has 7 heteroatoms. The van der Waals surface area contributed by atoms with Crippen LogP contribution in [0.3, 0.4) is 0 Å². The first-order chi connectivity index (χ1) is 15.5. The molecular weight excluding hydrogens is 422 g/mol. The van der Waals surface area contributed by atoms with Gasteiger partial charge in [0.25, 0.3) is 0 Å². The molecule has 1 saturated heterocycles. The molecule has 1 aromatic heterocycles. The second-order valence-corrected chi connectivity index (χ2v) is 9.90. The Morgan fingerprint density at radius 2 is 1.91 bits per heavy atom. The Bertz CT molecular complexity index is 970. The number of esters is 1. The molecule has 1 N–H and O–H groups in total. The summed E-state index contributed by atoms with van der Waals surface area (Å²) in [5.41, 5.74) is 4.15. The molecule has 32 heavy (non-hydrogen) atoms. The van der Waals surface area contributed by atoms with Crippen molar-refractivity contribution >= 4 is 33.9 Å². The van der Waals surface area contributed by atoms with Crippen molar-refractivity contribution in [2.24, 2.45) is 0 Å². The molecule has 1 fully saturated rings. The minimum atomic E-state index is -0.317. The van der Waals surface area contributed by atoms with Crippen LogP contribution in [0.5, 0.6) is 0 Å². The van der Waals surface area contributed by atoms with Crippen molar-refractivity contribution in [1.29, 1.82) is 0 Å². The first kappa shape index (κ1) is 22.8. The maximum atomic E-state index is 12.9. The van der Waals surface area contributed by atoms with E-state index in [9.17, 15) is 9.59 Å². The summed E-state index contributed by atoms with van der Waals surface area (Å²) in [7, 11) is 0. The predicted octanol–water partition coefficient (Wildman–Crippen LogP) is 4.26. The predicted molar refractivity (Wildman–Crippen MR) is 130 cm³/mol. The second-order valence-electron chi connectivity index (χ2n) is 8.80. The molecule has 6 nitrogen and oxygen atoms in total. The van der Waals surface area contributed by atoms with Crippen molar-refractivity contribution in [3.8, 4) is 0 Å². The number of carbonyl (C=O) groups excluding carboxylic acids is 2. The van der Waals surface area contributed by atoms with Crippen LogP contribution in [-0.2, 0) is 22.4 Å². The van der Waals surface area contributed by atoms with Crippen LogP contribution in [0, 0.1) is 6.92 Å². The van der Waals surface area contributed by atoms with Crippen molar-refractivity contribution in [1.82, 2.24) is 4.90 Å². The van der Waals surface area contributed by atoms with E-state index in [1.165, 1.54) is 16.1 Å². The number of anilines is 2. The third kappa shape index (κ3) is 4.99. The van der Waals surface area contributed by atoms with Gasteiger partial charge in [0.05, 0.1) is 18.7 Å². The van der Waals surface area contributed by atoms with E-state index in [0.29, 0.717) is 29.8 Å². The summed E-state index contributed by atoms with van der Waals surface area (Å²) in [5.74, 6) is -0.382. The molecule has 1 aromatic carbocycles. The molecular formula is C25H33N3O3S. The van der Waals surface area contributed by atoms with E-state index in [1.807, 2.05) is 6.92 Å². The van der Waals surface area contributed by atoms with Crippen molar-refractivity contribution in [3.05, 3.63) is 45.8 Å². The van der Waals surface area contributed by atoms with Gasteiger partial charge < -0.3 is 15.0 Å². The zero-order valence-electron chi connectivity index (χ0n) is 19.3. The number of benzene rings is 1. The highest BCUT2D eigenvalue weighted by Gasteiger charge is 2.29. The minimum absolute atomic E-state index is 0.0647. The van der Waals surface area contributed by atoms with E-state index >= 15 is 0 Å². The normalized spacial score (nSPS) is 18.8. The topological polar surface area (TPSA) is 61.9 Å². The van der Waals surface area contributed by atoms with Crippen molar-refractivity contribution < 1.29 is 14.3 Å². The molecule has 1 aliphatic carbocycles. The summed E-state index contributed by atoms with van der Waals surface area (Å²) in [4.78, 5) is 31.3. The molecule has 0 radical (unpaired) electrons. The Morgan fingerprint density at radius 3 is 2.62 bits per heavy atom. The summed E-state index contributed by atoms with van der Waals surface area (Å²) in [5, 5.41) is 3.70. The van der Waals surface area contributed by atoms with Gasteiger partial charge in [-0.15, -0.1) is 11.3 Å². The molecule has 1 aliphatic heterocycles. The highest BCUT2D eigenvalue weighted by atomic mass is 32.1. The van der Waals surface area contributed by atoms with E-state index in [1.54, 1.807) is 11.3 Å². The van der Waals surface area contributed by atoms with E-state index in [4.69, 9.17) is 4.74 Å². The number of amides is 1. The first-order valence-corrected chi connectivity index (χ1v) is 12.4. The maximum Gasteiger partial charge on any atom is 0.341 e. The molecule has 0 bridgehead atoms. The van der Waals surface area contributed by atoms with E-state index in [0.717, 1.165) is 50.9 Å². The molecule has 4 rings (SSSR count). The van der Waals surface area contributed by atoms with Gasteiger partial charge in [-0.2, -0.15) is 0 Å². The number of nitrogens with zero attached hydrogens (tertiary/aromatic N) is 2. The molecule has 2 heterocycles. The van der Waals surface area contributed by atoms with Gasteiger partial charge in [0, 0.05) is 36.2 Å². The number of ether oxygens (including phenoxy) is 1. The Kier molecular flexibility index (Phi) is 7.16. The minimum Gasteiger partial charge on any atom is -0.462 e. The SMILES string of the molecule is CCOC(=O)c1c(NC(=O)CN2CCN(c3ccc(C)cc3)C(C)C2)sc2c1CCCC2. The van der Waals surface area contributed by atoms with Crippen molar-refractivity contribution in [2.45, 2.75) is 52.5 Å². The number of fused-ring (bicyclic) bond motifs is 1. The van der Waals surface area contributed by atoms with Crippen LogP contribution in [0.2, 0.25) is 0 Å². The smallest absolute Gasteiger partial charge is 0.341 e. The number of carbonyl (C=O) groups is 2. The summed E-state index contributed by atoms with van der Waals surface area (Å²) in [6.07, 6.45) is 4.06. The van der Waals surface area contributed by atoms with Crippen molar-refractivity contribution in [3.63, 3.8) is 0 Å². The third-order valence-electron chi connectivity index (χ3n) is 6.35. The number of hydrogen-bond donors (Lipinski definition) is 1. The van der Waals surface area contributed by atoms with Gasteiger partial charge in [-0.1, -0.05) is 17.7 Å². The van der Waals surface area contributed by atoms with Gasteiger partial charge >= 0.3 is 5.97 Å². The Labute approximate surface area is 194 Å². The van der Waals surface area contributed by atoms with Crippen LogP contribution in [0.15, 0.2) is 24.3 Å². The number of thiophene rings is 1. The number of piperazine rings is 1. The second kappa shape index (κ2) is 10.0. The van der Waals surface area contributed by atoms with Gasteiger partial charge in [0.15, 0.2) is 0 Å². The lowest BCUT2D eigenvalue weighted by Crippen LogP contribution is -2.53. The lowest BCUT2D eigenvalue weighted by molar-refractivity contribution is -0.117. The molecule has 2 aliphatic rings. The Hall–Kier alpha value is -2.38. The maximum absolute atomic E-state index is 12.9. The van der Waals surface area contributed by atoms with E-state index in [-0.39, 0.29) is 11.9 Å². The molecule has 1 unspecified atom stereocenters. The number of aryl methyl sites for hydroxylation is 2. The summed E-state index contributed by atoms with van der Waals surface area (Å²) in [6, 6.07) is 8.95. The summed E-state index contributed by atoms with van der Waals surface area (Å²) >= 11 is 1.55. The van der Waals surface area contributed by atoms with E-state index < -0.39 is 0 Å². The monoisotopic (exact) mass is 455 g/mol. The van der Waals surface area contributed by atoms with Crippen molar-refractivity contribution in [2.75, 3.05) is 43.0 Å². The lowest BCUT2D eigenvalue weighted by Gasteiger charge is -2.41. The number of rotatable bonds is 6. The summed E-state index contributed by atoms with van der Waals surface area (Å²) < 4.78 is 5.30. The highest BCUT2D eigenvalue weighted by Crippen LogP contribution is 2.38. The molecule has 1 amide bonds. The fourth-order valence-corrected chi connectivity index (χ4v) is 6.03. The highest BCUT2D eigenvalue weighted by molar-refractivity contribution is 7.17. The van der Waals surface area contributed by atoms with Crippen LogP contribution in [0.1, 0.15) is 53.1 Å². The largest absolute Gasteiger partial charge is 0.462 e. The van der Waals surface area contributed by atoms with Crippen LogP contribution in [0.4, 0.5) is 10.7 Å². The van der Waals surface area contributed by atoms with Crippen LogP contribution < -0.4 is 10.2 Å². The van der Waals surface area contributed by atoms with Gasteiger partial charge in [0.2, 0.25) is 5.91 Å². The molecule has 0 spiro atoms. The fraction of sp³-hybridized carbons (Fsp3) is 0.520. The molecule has 1 atom stereocenters. The fourth-order valence-electron chi connectivity index (χ4n) is 4.74. The Morgan fingerprint density at radius 1 is 1.16 bits per heavy atom. The molecule has 0 saturated carbocycles. The Balaban J connectivity index is 1.40. The lowest BCUT2D eigenvalue weighted by atomic mass is 9.95. The molecule has 2 aromatic rings. The van der Waals surface area contributed by atoms with Crippen LogP contribution >= 0.6 is 11.3 Å². The number of hydrogen-bond acceptors (Lipinski definition) is 6. The zero-order valence-corrected chi connectivity index (χ0v) is 20.1.